The smallest absolute Gasteiger partial charge is 0.394 e. The van der Waals surface area contributed by atoms with Gasteiger partial charge in [0.25, 0.3) is 0 Å². The Bertz CT molecular complexity index is 759. The van der Waals surface area contributed by atoms with Gasteiger partial charge in [-0.3, -0.25) is 4.99 Å². The highest BCUT2D eigenvalue weighted by molar-refractivity contribution is 6.31. The van der Waals surface area contributed by atoms with Gasteiger partial charge in [0, 0.05) is 19.3 Å². The highest BCUT2D eigenvalue weighted by Gasteiger charge is 2.69. The zero-order chi connectivity index (χ0) is 17.7. The first-order valence-corrected chi connectivity index (χ1v) is 8.61. The molecule has 1 unspecified atom stereocenters. The van der Waals surface area contributed by atoms with Gasteiger partial charge in [0.05, 0.1) is 6.54 Å². The Balaban J connectivity index is 1.96. The Morgan fingerprint density at radius 3 is 2.60 bits per heavy atom. The van der Waals surface area contributed by atoms with Crippen molar-refractivity contribution in [2.24, 2.45) is 10.4 Å². The third-order valence-corrected chi connectivity index (χ3v) is 5.32. The molecule has 132 valence electrons. The van der Waals surface area contributed by atoms with Crippen molar-refractivity contribution in [3.8, 4) is 0 Å². The molecule has 4 rings (SSSR count). The summed E-state index contributed by atoms with van der Waals surface area (Å²) in [7, 11) is 1.80. The molecule has 1 atom stereocenters. The first-order chi connectivity index (χ1) is 12.0. The average Bonchev–Trinajstić information content (AvgIpc) is 3.23. The van der Waals surface area contributed by atoms with E-state index < -0.39 is 23.3 Å². The fourth-order valence-electron chi connectivity index (χ4n) is 4.34. The molecule has 3 heterocycles. The van der Waals surface area contributed by atoms with Crippen LogP contribution in [0.2, 0.25) is 0 Å². The molecule has 0 aromatic heterocycles. The van der Waals surface area contributed by atoms with E-state index in [1.165, 1.54) is 0 Å². The largest absolute Gasteiger partial charge is 0.422 e. The molecule has 7 nitrogen and oxygen atoms in total. The number of hydrogen-bond donors (Lipinski definition) is 1. The maximum atomic E-state index is 12.0. The zero-order valence-corrected chi connectivity index (χ0v) is 14.4. The molecule has 1 aromatic carbocycles. The van der Waals surface area contributed by atoms with E-state index in [-0.39, 0.29) is 0 Å². The molecule has 1 fully saturated rings. The molecule has 1 saturated heterocycles. The van der Waals surface area contributed by atoms with Crippen molar-refractivity contribution in [3.63, 3.8) is 0 Å². The second kappa shape index (κ2) is 5.47. The van der Waals surface area contributed by atoms with Crippen molar-refractivity contribution < 1.29 is 19.1 Å². The maximum Gasteiger partial charge on any atom is 0.422 e. The topological polar surface area (TPSA) is 80.2 Å². The van der Waals surface area contributed by atoms with Crippen LogP contribution < -0.4 is 10.2 Å². The van der Waals surface area contributed by atoms with E-state index >= 15 is 0 Å². The number of anilines is 1. The van der Waals surface area contributed by atoms with Crippen LogP contribution in [0.4, 0.5) is 5.69 Å². The quantitative estimate of drug-likeness (QED) is 0.657. The number of hydrogen-bond acceptors (Lipinski definition) is 7. The third kappa shape index (κ3) is 2.01. The lowest BCUT2D eigenvalue weighted by atomic mass is 9.69. The van der Waals surface area contributed by atoms with E-state index in [4.69, 9.17) is 9.47 Å². The number of nitrogens with zero attached hydrogens (tertiary/aromatic N) is 2. The predicted octanol–water partition coefficient (Wildman–Crippen LogP) is 1.22. The van der Waals surface area contributed by atoms with Crippen LogP contribution in [-0.4, -0.2) is 43.8 Å². The number of amidine groups is 1. The highest BCUT2D eigenvalue weighted by Crippen LogP contribution is 2.53. The number of aliphatic imine (C=N–C) groups is 1. The summed E-state index contributed by atoms with van der Waals surface area (Å²) in [6, 6.07) is 7.89. The van der Waals surface area contributed by atoms with Gasteiger partial charge in [-0.1, -0.05) is 31.5 Å². The third-order valence-electron chi connectivity index (χ3n) is 5.32. The van der Waals surface area contributed by atoms with Crippen molar-refractivity contribution in [2.75, 3.05) is 25.0 Å². The van der Waals surface area contributed by atoms with Gasteiger partial charge < -0.3 is 19.7 Å². The number of carbonyl (C=O) groups is 2. The molecule has 25 heavy (non-hydrogen) atoms. The van der Waals surface area contributed by atoms with Crippen LogP contribution in [0.15, 0.2) is 29.3 Å². The summed E-state index contributed by atoms with van der Waals surface area (Å²) < 4.78 is 11.3. The number of benzene rings is 1. The van der Waals surface area contributed by atoms with Crippen LogP contribution in [0.3, 0.4) is 0 Å². The number of nitrogens with one attached hydrogen (secondary N) is 1. The summed E-state index contributed by atoms with van der Waals surface area (Å²) in [5.41, 5.74) is 1.23. The van der Waals surface area contributed by atoms with Gasteiger partial charge in [-0.15, -0.1) is 0 Å². The van der Waals surface area contributed by atoms with Crippen LogP contribution in [0, 0.1) is 5.41 Å². The number of rotatable bonds is 3. The van der Waals surface area contributed by atoms with E-state index in [9.17, 15) is 9.59 Å². The molecule has 0 bridgehead atoms. The van der Waals surface area contributed by atoms with Gasteiger partial charge in [-0.05, 0) is 24.5 Å². The van der Waals surface area contributed by atoms with Gasteiger partial charge in [0.1, 0.15) is 11.3 Å². The lowest BCUT2D eigenvalue weighted by molar-refractivity contribution is -0.219. The molecule has 0 saturated carbocycles. The lowest BCUT2D eigenvalue weighted by Crippen LogP contribution is -2.68. The van der Waals surface area contributed by atoms with Crippen LogP contribution in [0.1, 0.15) is 25.3 Å². The number of esters is 2. The molecular weight excluding hydrogens is 322 g/mol. The van der Waals surface area contributed by atoms with Crippen LogP contribution in [0.5, 0.6) is 0 Å². The second-order valence-electron chi connectivity index (χ2n) is 6.71. The normalized spacial score (nSPS) is 26.8. The molecule has 7 heteroatoms. The Kier molecular flexibility index (Phi) is 3.49. The predicted molar refractivity (Wildman–Crippen MR) is 91.1 cm³/mol. The minimum atomic E-state index is -1.51. The number of fused-ring (bicyclic) bond motifs is 1. The highest BCUT2D eigenvalue weighted by atomic mass is 16.8. The van der Waals surface area contributed by atoms with Crippen LogP contribution in [-0.2, 0) is 25.5 Å². The van der Waals surface area contributed by atoms with E-state index in [1.54, 1.807) is 11.9 Å². The Labute approximate surface area is 146 Å². The fraction of sp³-hybridized carbons (Fsp3) is 0.500. The van der Waals surface area contributed by atoms with Crippen molar-refractivity contribution in [3.05, 3.63) is 29.8 Å². The second-order valence-corrected chi connectivity index (χ2v) is 6.71. The number of carbonyl (C=O) groups excluding carboxylic acids is 2. The van der Waals surface area contributed by atoms with Gasteiger partial charge in [-0.2, -0.15) is 0 Å². The SMILES string of the molecule is CCCC1(C2=NCCN2)Cc2ccccc2N(C)C12OC(=O)C(=O)O2. The van der Waals surface area contributed by atoms with Gasteiger partial charge in [-0.25, -0.2) is 9.59 Å². The monoisotopic (exact) mass is 343 g/mol. The first-order valence-electron chi connectivity index (χ1n) is 8.61. The molecule has 1 spiro atoms. The maximum absolute atomic E-state index is 12.0. The minimum Gasteiger partial charge on any atom is -0.394 e. The summed E-state index contributed by atoms with van der Waals surface area (Å²) in [4.78, 5) is 30.4. The molecular formula is C18H21N3O4. The summed E-state index contributed by atoms with van der Waals surface area (Å²) in [6.45, 7) is 3.44. The summed E-state index contributed by atoms with van der Waals surface area (Å²) in [5.74, 6) is -2.67. The Morgan fingerprint density at radius 1 is 1.24 bits per heavy atom. The first kappa shape index (κ1) is 15.9. The molecule has 3 aliphatic rings. The van der Waals surface area contributed by atoms with Gasteiger partial charge in [0.2, 0.25) is 0 Å². The van der Waals surface area contributed by atoms with Crippen molar-refractivity contribution in [1.82, 2.24) is 5.32 Å². The summed E-state index contributed by atoms with van der Waals surface area (Å²) >= 11 is 0. The van der Waals surface area contributed by atoms with E-state index in [2.05, 4.69) is 23.3 Å². The number of ether oxygens (including phenoxy) is 2. The molecule has 0 aliphatic carbocycles. The van der Waals surface area contributed by atoms with E-state index in [0.29, 0.717) is 19.4 Å². The van der Waals surface area contributed by atoms with Crippen molar-refractivity contribution in [1.29, 1.82) is 0 Å². The lowest BCUT2D eigenvalue weighted by Gasteiger charge is -2.52. The Morgan fingerprint density at radius 2 is 1.96 bits per heavy atom. The van der Waals surface area contributed by atoms with Crippen molar-refractivity contribution >= 4 is 23.5 Å². The summed E-state index contributed by atoms with van der Waals surface area (Å²) in [6.07, 6.45) is 2.07. The Hall–Kier alpha value is -2.57. The fourth-order valence-corrected chi connectivity index (χ4v) is 4.34. The molecule has 1 aromatic rings. The van der Waals surface area contributed by atoms with E-state index in [0.717, 1.165) is 30.1 Å². The van der Waals surface area contributed by atoms with E-state index in [1.807, 2.05) is 18.2 Å². The standard InChI is InChI=1S/C18H21N3O4/c1-3-8-17(16-19-9-10-20-16)11-12-6-4-5-7-13(12)21(2)18(17)24-14(22)15(23)25-18/h4-7H,3,8-11H2,1-2H3,(H,19,20). The van der Waals surface area contributed by atoms with Crippen LogP contribution >= 0.6 is 0 Å². The zero-order valence-electron chi connectivity index (χ0n) is 14.4. The van der Waals surface area contributed by atoms with Crippen molar-refractivity contribution in [2.45, 2.75) is 32.1 Å². The minimum absolute atomic E-state index is 0.577. The molecule has 3 aliphatic heterocycles. The number of para-hydroxylation sites is 1. The van der Waals surface area contributed by atoms with Crippen LogP contribution in [0.25, 0.3) is 0 Å². The average molecular weight is 343 g/mol. The van der Waals surface area contributed by atoms with Gasteiger partial charge in [0.15, 0.2) is 0 Å². The van der Waals surface area contributed by atoms with Gasteiger partial charge >= 0.3 is 17.8 Å². The summed E-state index contributed by atoms with van der Waals surface area (Å²) in [5, 5.41) is 3.32. The molecule has 0 radical (unpaired) electrons. The molecule has 0 amide bonds. The molecule has 1 N–H and O–H groups in total.